The van der Waals surface area contributed by atoms with Gasteiger partial charge in [-0.25, -0.2) is 8.78 Å². The summed E-state index contributed by atoms with van der Waals surface area (Å²) >= 11 is 0. The molecule has 1 atom stereocenters. The van der Waals surface area contributed by atoms with Gasteiger partial charge in [-0.1, -0.05) is 13.8 Å². The minimum absolute atomic E-state index is 0.00286. The van der Waals surface area contributed by atoms with Crippen molar-refractivity contribution in [3.8, 4) is 0 Å². The van der Waals surface area contributed by atoms with Crippen LogP contribution < -0.4 is 5.32 Å². The lowest BCUT2D eigenvalue weighted by atomic mass is 9.80. The molecule has 4 nitrogen and oxygen atoms in total. The van der Waals surface area contributed by atoms with E-state index in [1.807, 2.05) is 0 Å². The number of amides is 2. The Bertz CT molecular complexity index is 419. The summed E-state index contributed by atoms with van der Waals surface area (Å²) in [4.78, 5) is 26.4. The summed E-state index contributed by atoms with van der Waals surface area (Å²) < 4.78 is 25.8. The van der Waals surface area contributed by atoms with Crippen molar-refractivity contribution in [2.24, 2.45) is 5.92 Å². The molecule has 1 saturated carbocycles. The number of carbonyl (C=O) groups excluding carboxylic acids is 2. The van der Waals surface area contributed by atoms with Gasteiger partial charge in [-0.2, -0.15) is 0 Å². The van der Waals surface area contributed by atoms with Crippen LogP contribution in [0.25, 0.3) is 0 Å². The van der Waals surface area contributed by atoms with E-state index in [9.17, 15) is 18.4 Å². The highest BCUT2D eigenvalue weighted by Gasteiger charge is 2.60. The van der Waals surface area contributed by atoms with Crippen LogP contribution in [0.5, 0.6) is 0 Å². The largest absolute Gasteiger partial charge is 0.340 e. The Morgan fingerprint density at radius 2 is 1.85 bits per heavy atom. The molecule has 0 aromatic rings. The second kappa shape index (κ2) is 4.97. The quantitative estimate of drug-likeness (QED) is 0.840. The third-order valence-corrected chi connectivity index (χ3v) is 4.93. The lowest BCUT2D eigenvalue weighted by Crippen LogP contribution is -2.75. The van der Waals surface area contributed by atoms with Crippen molar-refractivity contribution >= 4 is 11.8 Å². The van der Waals surface area contributed by atoms with Gasteiger partial charge in [0.2, 0.25) is 11.8 Å². The number of piperazine rings is 1. The van der Waals surface area contributed by atoms with E-state index < -0.39 is 24.0 Å². The summed E-state index contributed by atoms with van der Waals surface area (Å²) in [6, 6.07) is 0. The molecular formula is C14H22F2N2O2. The Labute approximate surface area is 117 Å². The summed E-state index contributed by atoms with van der Waals surface area (Å²) in [6.45, 7) is 4.54. The number of hydrogen-bond donors (Lipinski definition) is 1. The average Bonchev–Trinajstić information content (AvgIpc) is 3.23. The maximum absolute atomic E-state index is 12.9. The molecule has 114 valence electrons. The van der Waals surface area contributed by atoms with E-state index in [0.717, 1.165) is 17.7 Å². The molecular weight excluding hydrogens is 266 g/mol. The zero-order chi connectivity index (χ0) is 15.1. The normalized spacial score (nSPS) is 29.8. The molecule has 1 saturated heterocycles. The molecule has 0 aromatic carbocycles. The fourth-order valence-electron chi connectivity index (χ4n) is 3.18. The third kappa shape index (κ3) is 2.09. The molecule has 1 aliphatic carbocycles. The molecule has 6 heteroatoms. The first-order valence-electron chi connectivity index (χ1n) is 7.24. The lowest BCUT2D eigenvalue weighted by molar-refractivity contribution is -0.167. The molecule has 1 aliphatic heterocycles. The molecule has 0 aromatic heterocycles. The molecule has 20 heavy (non-hydrogen) atoms. The standard InChI is InChI=1S/C14H22F2N2O2/c1-4-14(5-2)12(20)18(8-10(15)16)13(3,9-6-7-9)11(19)17-14/h9-10H,4-8H2,1-3H3,(H,17,19). The SMILES string of the molecule is CCC1(CC)NC(=O)C(C)(C2CC2)N(CC(F)F)C1=O. The highest BCUT2D eigenvalue weighted by atomic mass is 19.3. The topological polar surface area (TPSA) is 49.4 Å². The van der Waals surface area contributed by atoms with E-state index in [4.69, 9.17) is 0 Å². The molecule has 2 aliphatic rings. The van der Waals surface area contributed by atoms with Crippen molar-refractivity contribution in [3.63, 3.8) is 0 Å². The Balaban J connectivity index is 2.41. The third-order valence-electron chi connectivity index (χ3n) is 4.93. The smallest absolute Gasteiger partial charge is 0.255 e. The van der Waals surface area contributed by atoms with Crippen molar-refractivity contribution in [2.45, 2.75) is 64.0 Å². The monoisotopic (exact) mass is 288 g/mol. The van der Waals surface area contributed by atoms with Crippen LogP contribution in [0.4, 0.5) is 8.78 Å². The number of nitrogens with zero attached hydrogens (tertiary/aromatic N) is 1. The van der Waals surface area contributed by atoms with Gasteiger partial charge in [-0.3, -0.25) is 9.59 Å². The molecule has 0 spiro atoms. The van der Waals surface area contributed by atoms with Gasteiger partial charge in [-0.05, 0) is 38.5 Å². The van der Waals surface area contributed by atoms with Crippen LogP contribution in [-0.4, -0.2) is 40.8 Å². The summed E-state index contributed by atoms with van der Waals surface area (Å²) in [5.41, 5.74) is -2.15. The van der Waals surface area contributed by atoms with Gasteiger partial charge < -0.3 is 10.2 Å². The van der Waals surface area contributed by atoms with E-state index in [1.165, 1.54) is 0 Å². The minimum Gasteiger partial charge on any atom is -0.340 e. The molecule has 2 amide bonds. The predicted molar refractivity (Wildman–Crippen MR) is 70.3 cm³/mol. The van der Waals surface area contributed by atoms with E-state index in [1.54, 1.807) is 20.8 Å². The van der Waals surface area contributed by atoms with Crippen molar-refractivity contribution < 1.29 is 18.4 Å². The summed E-state index contributed by atoms with van der Waals surface area (Å²) in [6.07, 6.45) is -0.192. The van der Waals surface area contributed by atoms with E-state index in [-0.39, 0.29) is 17.7 Å². The first-order chi connectivity index (χ1) is 9.31. The number of nitrogens with one attached hydrogen (secondary N) is 1. The minimum atomic E-state index is -2.63. The highest BCUT2D eigenvalue weighted by Crippen LogP contribution is 2.46. The van der Waals surface area contributed by atoms with Crippen LogP contribution in [-0.2, 0) is 9.59 Å². The molecule has 0 radical (unpaired) electrons. The van der Waals surface area contributed by atoms with Gasteiger partial charge >= 0.3 is 0 Å². The van der Waals surface area contributed by atoms with E-state index in [0.29, 0.717) is 12.8 Å². The predicted octanol–water partition coefficient (Wildman–Crippen LogP) is 1.94. The van der Waals surface area contributed by atoms with Crippen LogP contribution in [0.15, 0.2) is 0 Å². The van der Waals surface area contributed by atoms with Crippen molar-refractivity contribution in [2.75, 3.05) is 6.54 Å². The molecule has 2 fully saturated rings. The van der Waals surface area contributed by atoms with Crippen LogP contribution in [0.3, 0.4) is 0 Å². The number of alkyl halides is 2. The fraction of sp³-hybridized carbons (Fsp3) is 0.857. The summed E-state index contributed by atoms with van der Waals surface area (Å²) in [5, 5.41) is 2.82. The Morgan fingerprint density at radius 3 is 2.25 bits per heavy atom. The van der Waals surface area contributed by atoms with Gasteiger partial charge in [0.05, 0.1) is 6.54 Å². The van der Waals surface area contributed by atoms with Crippen molar-refractivity contribution in [3.05, 3.63) is 0 Å². The first-order valence-corrected chi connectivity index (χ1v) is 7.24. The molecule has 2 rings (SSSR count). The van der Waals surface area contributed by atoms with Gasteiger partial charge in [0.15, 0.2) is 0 Å². The van der Waals surface area contributed by atoms with Crippen molar-refractivity contribution in [1.29, 1.82) is 0 Å². The second-order valence-electron chi connectivity index (χ2n) is 5.97. The maximum atomic E-state index is 12.9. The highest BCUT2D eigenvalue weighted by molar-refractivity contribution is 6.02. The van der Waals surface area contributed by atoms with E-state index >= 15 is 0 Å². The molecule has 1 unspecified atom stereocenters. The Morgan fingerprint density at radius 1 is 1.30 bits per heavy atom. The number of rotatable bonds is 5. The van der Waals surface area contributed by atoms with Gasteiger partial charge in [0, 0.05) is 0 Å². The zero-order valence-corrected chi connectivity index (χ0v) is 12.2. The number of carbonyl (C=O) groups is 2. The van der Waals surface area contributed by atoms with Crippen molar-refractivity contribution in [1.82, 2.24) is 10.2 Å². The first kappa shape index (κ1) is 15.2. The molecule has 1 heterocycles. The summed E-state index contributed by atoms with van der Waals surface area (Å²) in [5.74, 6) is -0.655. The van der Waals surface area contributed by atoms with Crippen LogP contribution in [0.1, 0.15) is 46.5 Å². The zero-order valence-electron chi connectivity index (χ0n) is 12.2. The molecule has 0 bridgehead atoms. The average molecular weight is 288 g/mol. The maximum Gasteiger partial charge on any atom is 0.255 e. The van der Waals surface area contributed by atoms with Gasteiger partial charge in [0.25, 0.3) is 6.43 Å². The van der Waals surface area contributed by atoms with Crippen LogP contribution in [0, 0.1) is 5.92 Å². The number of halogens is 2. The van der Waals surface area contributed by atoms with Crippen LogP contribution >= 0.6 is 0 Å². The Kier molecular flexibility index (Phi) is 3.77. The number of hydrogen-bond acceptors (Lipinski definition) is 2. The lowest BCUT2D eigenvalue weighted by Gasteiger charge is -2.51. The Hall–Kier alpha value is -1.20. The van der Waals surface area contributed by atoms with Crippen LogP contribution in [0.2, 0.25) is 0 Å². The molecule has 1 N–H and O–H groups in total. The fourth-order valence-corrected chi connectivity index (χ4v) is 3.18. The second-order valence-corrected chi connectivity index (χ2v) is 5.97. The van der Waals surface area contributed by atoms with Gasteiger partial charge in [-0.15, -0.1) is 0 Å². The summed E-state index contributed by atoms with van der Waals surface area (Å²) in [7, 11) is 0. The van der Waals surface area contributed by atoms with Gasteiger partial charge in [0.1, 0.15) is 11.1 Å². The van der Waals surface area contributed by atoms with E-state index in [2.05, 4.69) is 5.32 Å².